The van der Waals surface area contributed by atoms with E-state index in [4.69, 9.17) is 5.26 Å². The zero-order chi connectivity index (χ0) is 21.6. The number of fused-ring (bicyclic) bond motifs is 2. The van der Waals surface area contributed by atoms with Crippen molar-refractivity contribution in [1.82, 2.24) is 9.78 Å². The summed E-state index contributed by atoms with van der Waals surface area (Å²) in [6, 6.07) is 8.69. The number of rotatable bonds is 5. The molecule has 0 saturated heterocycles. The van der Waals surface area contributed by atoms with E-state index in [0.29, 0.717) is 50.5 Å². The van der Waals surface area contributed by atoms with Gasteiger partial charge in [-0.1, -0.05) is 32.9 Å². The molecule has 1 aromatic heterocycles. The number of nitrogens with one attached hydrogen (secondary N) is 1. The van der Waals surface area contributed by atoms with E-state index in [1.807, 2.05) is 6.07 Å². The van der Waals surface area contributed by atoms with Gasteiger partial charge in [-0.05, 0) is 64.1 Å². The van der Waals surface area contributed by atoms with Crippen LogP contribution in [0.25, 0.3) is 0 Å². The number of halogens is 1. The molecule has 4 atom stereocenters. The summed E-state index contributed by atoms with van der Waals surface area (Å²) in [6.07, 6.45) is 4.01. The first kappa shape index (κ1) is 20.8. The number of carbonyl (C=O) groups is 1. The zero-order valence-electron chi connectivity index (χ0n) is 17.4. The van der Waals surface area contributed by atoms with Gasteiger partial charge in [0.05, 0.1) is 23.5 Å². The molecule has 0 unspecified atom stereocenters. The average Bonchev–Trinajstić information content (AvgIpc) is 2.74. The van der Waals surface area contributed by atoms with Gasteiger partial charge in [0.15, 0.2) is 5.78 Å². The van der Waals surface area contributed by atoms with E-state index in [1.54, 1.807) is 30.5 Å². The third kappa shape index (κ3) is 3.47. The molecule has 6 nitrogen and oxygen atoms in total. The number of benzene rings is 1. The van der Waals surface area contributed by atoms with Crippen LogP contribution in [0.5, 0.6) is 0 Å². The predicted octanol–water partition coefficient (Wildman–Crippen LogP) is 4.24. The highest BCUT2D eigenvalue weighted by atomic mass is 79.9. The average molecular weight is 469 g/mol. The molecule has 30 heavy (non-hydrogen) atoms. The fourth-order valence-corrected chi connectivity index (χ4v) is 5.60. The summed E-state index contributed by atoms with van der Waals surface area (Å²) in [5.74, 6) is 1.71. The lowest BCUT2D eigenvalue weighted by molar-refractivity contribution is -0.105. The Morgan fingerprint density at radius 1 is 1.33 bits per heavy atom. The number of hydrogen-bond acceptors (Lipinski definition) is 5. The number of nitriles is 1. The summed E-state index contributed by atoms with van der Waals surface area (Å²) in [7, 11) is 0. The normalized spacial score (nSPS) is 26.4. The molecule has 3 fully saturated rings. The fourth-order valence-electron chi connectivity index (χ4n) is 5.18. The number of aromatic nitrogens is 2. The van der Waals surface area contributed by atoms with Gasteiger partial charge in [-0.25, -0.2) is 4.68 Å². The largest absolute Gasteiger partial charge is 0.380 e. The van der Waals surface area contributed by atoms with Gasteiger partial charge in [0.1, 0.15) is 11.0 Å². The van der Waals surface area contributed by atoms with Crippen molar-refractivity contribution in [2.75, 3.05) is 5.32 Å². The maximum absolute atomic E-state index is 12.8. The van der Waals surface area contributed by atoms with Crippen LogP contribution < -0.4 is 10.9 Å². The fraction of sp³-hybridized carbons (Fsp3) is 0.478. The summed E-state index contributed by atoms with van der Waals surface area (Å²) >= 11 is 3.41. The highest BCUT2D eigenvalue weighted by Crippen LogP contribution is 2.61. The Kier molecular flexibility index (Phi) is 5.31. The third-order valence-corrected chi connectivity index (χ3v) is 8.08. The van der Waals surface area contributed by atoms with Crippen LogP contribution in [0.15, 0.2) is 39.7 Å². The molecule has 1 aromatic carbocycles. The molecule has 3 aliphatic rings. The van der Waals surface area contributed by atoms with Crippen LogP contribution in [0.1, 0.15) is 49.5 Å². The van der Waals surface area contributed by atoms with Crippen LogP contribution >= 0.6 is 15.9 Å². The minimum absolute atomic E-state index is 0.151. The first-order valence-electron chi connectivity index (χ1n) is 10.3. The first-order chi connectivity index (χ1) is 14.2. The first-order valence-corrected chi connectivity index (χ1v) is 11.1. The van der Waals surface area contributed by atoms with Crippen LogP contribution in [-0.2, 0) is 6.54 Å². The Hall–Kier alpha value is -2.46. The van der Waals surface area contributed by atoms with Gasteiger partial charge in [0.25, 0.3) is 5.56 Å². The van der Waals surface area contributed by atoms with E-state index in [1.165, 1.54) is 11.1 Å². The van der Waals surface area contributed by atoms with Gasteiger partial charge in [0.2, 0.25) is 0 Å². The molecule has 7 heteroatoms. The lowest BCUT2D eigenvalue weighted by atomic mass is 9.45. The second-order valence-electron chi connectivity index (χ2n) is 9.15. The van der Waals surface area contributed by atoms with Gasteiger partial charge >= 0.3 is 0 Å². The van der Waals surface area contributed by atoms with E-state index < -0.39 is 0 Å². The molecular formula is C23H25BrN4O2. The van der Waals surface area contributed by atoms with Gasteiger partial charge < -0.3 is 5.32 Å². The quantitative estimate of drug-likeness (QED) is 0.662. The number of ketones is 1. The monoisotopic (exact) mass is 468 g/mol. The molecule has 0 radical (unpaired) electrons. The lowest BCUT2D eigenvalue weighted by Crippen LogP contribution is -2.58. The van der Waals surface area contributed by atoms with Crippen molar-refractivity contribution < 1.29 is 4.79 Å². The van der Waals surface area contributed by atoms with Crippen molar-refractivity contribution in [3.8, 4) is 6.07 Å². The Morgan fingerprint density at radius 2 is 2.03 bits per heavy atom. The molecule has 3 aliphatic carbocycles. The SMILES string of the molecule is C[C@@H]1[C@H]2C[C@@H](C[C@H]1Nc1cnn(CC(=O)c3ccc(C#N)cc3)c(=O)c1Br)C2(C)C. The number of nitrogens with zero attached hydrogens (tertiary/aromatic N) is 3. The summed E-state index contributed by atoms with van der Waals surface area (Å²) in [5, 5.41) is 16.6. The molecule has 3 saturated carbocycles. The van der Waals surface area contributed by atoms with Gasteiger partial charge in [-0.2, -0.15) is 10.4 Å². The number of hydrogen-bond donors (Lipinski definition) is 1. The maximum atomic E-state index is 12.8. The lowest BCUT2D eigenvalue weighted by Gasteiger charge is -2.62. The maximum Gasteiger partial charge on any atom is 0.283 e. The standard InChI is InChI=1S/C23H25BrN4O2/c1-13-17-8-16(23(17,2)3)9-18(13)27-19-11-26-28(22(30)21(19)24)12-20(29)15-6-4-14(10-25)5-7-15/h4-7,11,13,16-18,27H,8-9,12H2,1-3H3/t13-,16+,17-,18-/m1/s1. The summed E-state index contributed by atoms with van der Waals surface area (Å²) < 4.78 is 1.57. The van der Waals surface area contributed by atoms with Gasteiger partial charge in [-0.15, -0.1) is 0 Å². The van der Waals surface area contributed by atoms with Crippen LogP contribution in [0.2, 0.25) is 0 Å². The minimum atomic E-state index is -0.337. The van der Waals surface area contributed by atoms with E-state index in [-0.39, 0.29) is 17.9 Å². The highest BCUT2D eigenvalue weighted by Gasteiger charge is 2.56. The summed E-state index contributed by atoms with van der Waals surface area (Å²) in [4.78, 5) is 25.3. The second-order valence-corrected chi connectivity index (χ2v) is 9.95. The Bertz CT molecular complexity index is 1080. The molecule has 0 spiro atoms. The van der Waals surface area contributed by atoms with Crippen molar-refractivity contribution in [3.05, 3.63) is 56.4 Å². The smallest absolute Gasteiger partial charge is 0.283 e. The van der Waals surface area contributed by atoms with Crippen molar-refractivity contribution in [2.24, 2.45) is 23.2 Å². The Morgan fingerprint density at radius 3 is 2.63 bits per heavy atom. The van der Waals surface area contributed by atoms with Crippen LogP contribution in [-0.4, -0.2) is 21.6 Å². The molecule has 5 rings (SSSR count). The van der Waals surface area contributed by atoms with Crippen molar-refractivity contribution >= 4 is 27.4 Å². The van der Waals surface area contributed by atoms with Gasteiger partial charge in [-0.3, -0.25) is 9.59 Å². The predicted molar refractivity (Wildman–Crippen MR) is 118 cm³/mol. The molecule has 0 aliphatic heterocycles. The Labute approximate surface area is 184 Å². The molecule has 1 heterocycles. The number of carbonyl (C=O) groups excluding carboxylic acids is 1. The van der Waals surface area contributed by atoms with Crippen molar-refractivity contribution in [2.45, 2.75) is 46.2 Å². The topological polar surface area (TPSA) is 87.8 Å². The molecule has 0 amide bonds. The van der Waals surface area contributed by atoms with Crippen LogP contribution in [0.4, 0.5) is 5.69 Å². The molecule has 2 bridgehead atoms. The number of Topliss-reactive ketones (excluding diaryl/α,β-unsaturated/α-hetero) is 1. The molecule has 156 valence electrons. The minimum Gasteiger partial charge on any atom is -0.380 e. The van der Waals surface area contributed by atoms with E-state index >= 15 is 0 Å². The Balaban J connectivity index is 1.48. The van der Waals surface area contributed by atoms with Gasteiger partial charge in [0, 0.05) is 11.6 Å². The zero-order valence-corrected chi connectivity index (χ0v) is 18.9. The molecule has 1 N–H and O–H groups in total. The highest BCUT2D eigenvalue weighted by molar-refractivity contribution is 9.10. The second kappa shape index (κ2) is 7.66. The van der Waals surface area contributed by atoms with E-state index in [0.717, 1.165) is 6.42 Å². The molecule has 2 aromatic rings. The summed E-state index contributed by atoms with van der Waals surface area (Å²) in [6.45, 7) is 6.87. The third-order valence-electron chi connectivity index (χ3n) is 7.31. The van der Waals surface area contributed by atoms with Crippen molar-refractivity contribution in [1.29, 1.82) is 5.26 Å². The van der Waals surface area contributed by atoms with E-state index in [2.05, 4.69) is 47.1 Å². The number of anilines is 1. The van der Waals surface area contributed by atoms with Crippen molar-refractivity contribution in [3.63, 3.8) is 0 Å². The summed E-state index contributed by atoms with van der Waals surface area (Å²) in [5.41, 5.74) is 1.67. The van der Waals surface area contributed by atoms with Crippen LogP contribution in [0, 0.1) is 34.5 Å². The van der Waals surface area contributed by atoms with Crippen LogP contribution in [0.3, 0.4) is 0 Å². The van der Waals surface area contributed by atoms with E-state index in [9.17, 15) is 9.59 Å². The molecular weight excluding hydrogens is 444 g/mol.